The third kappa shape index (κ3) is 20.8. The highest BCUT2D eigenvalue weighted by Crippen LogP contribution is 2.15. The second-order valence-corrected chi connectivity index (χ2v) is 12.1. The molecule has 0 unspecified atom stereocenters. The molecule has 0 radical (unpaired) electrons. The van der Waals surface area contributed by atoms with Crippen LogP contribution in [0.25, 0.3) is 0 Å². The zero-order chi connectivity index (χ0) is 26.7. The van der Waals surface area contributed by atoms with Crippen LogP contribution in [0.5, 0.6) is 0 Å². The van der Waals surface area contributed by atoms with Crippen LogP contribution in [0.1, 0.15) is 193 Å². The van der Waals surface area contributed by atoms with E-state index in [1.165, 1.54) is 192 Å². The lowest BCUT2D eigenvalue weighted by molar-refractivity contribution is -0.678. The van der Waals surface area contributed by atoms with Crippen molar-refractivity contribution in [3.63, 3.8) is 0 Å². The van der Waals surface area contributed by atoms with Gasteiger partial charge in [0, 0.05) is 6.42 Å². The minimum absolute atomic E-state index is 1.21. The number of imidazole rings is 1. The van der Waals surface area contributed by atoms with Gasteiger partial charge in [0.1, 0.15) is 12.4 Å². The van der Waals surface area contributed by atoms with E-state index in [2.05, 4.69) is 42.4 Å². The van der Waals surface area contributed by atoms with Crippen LogP contribution in [0.3, 0.4) is 0 Å². The van der Waals surface area contributed by atoms with Crippen LogP contribution in [-0.2, 0) is 20.0 Å². The van der Waals surface area contributed by atoms with Crippen molar-refractivity contribution in [1.82, 2.24) is 4.57 Å². The summed E-state index contributed by atoms with van der Waals surface area (Å²) in [5.74, 6) is 1.54. The van der Waals surface area contributed by atoms with E-state index in [0.717, 1.165) is 0 Å². The summed E-state index contributed by atoms with van der Waals surface area (Å²) < 4.78 is 4.91. The number of hydrogen-bond donors (Lipinski definition) is 0. The molecule has 0 fully saturated rings. The van der Waals surface area contributed by atoms with Crippen LogP contribution in [0.15, 0.2) is 12.4 Å². The summed E-state index contributed by atoms with van der Waals surface area (Å²) >= 11 is 0. The molecule has 0 bridgehead atoms. The van der Waals surface area contributed by atoms with Gasteiger partial charge in [-0.2, -0.15) is 0 Å². The molecule has 2 heteroatoms. The Morgan fingerprint density at radius 1 is 0.459 bits per heavy atom. The van der Waals surface area contributed by atoms with Gasteiger partial charge in [0.2, 0.25) is 0 Å². The maximum atomic E-state index is 2.54. The van der Waals surface area contributed by atoms with Crippen LogP contribution in [-0.4, -0.2) is 4.57 Å². The van der Waals surface area contributed by atoms with Crippen molar-refractivity contribution >= 4 is 0 Å². The molecule has 37 heavy (non-hydrogen) atoms. The van der Waals surface area contributed by atoms with Crippen molar-refractivity contribution < 1.29 is 4.57 Å². The quantitative estimate of drug-likeness (QED) is 0.0737. The van der Waals surface area contributed by atoms with E-state index in [1.54, 1.807) is 0 Å². The van der Waals surface area contributed by atoms with Crippen molar-refractivity contribution in [3.05, 3.63) is 18.2 Å². The van der Waals surface area contributed by atoms with Crippen LogP contribution in [0, 0.1) is 0 Å². The van der Waals surface area contributed by atoms with E-state index < -0.39 is 0 Å². The van der Waals surface area contributed by atoms with Crippen LogP contribution in [0.4, 0.5) is 0 Å². The molecule has 0 spiro atoms. The summed E-state index contributed by atoms with van der Waals surface area (Å²) in [6, 6.07) is 0. The zero-order valence-corrected chi connectivity index (χ0v) is 26.1. The van der Waals surface area contributed by atoms with E-state index in [9.17, 15) is 0 Å². The Bertz CT molecular complexity index is 576. The second kappa shape index (κ2) is 26.8. The molecule has 0 aliphatic rings. The van der Waals surface area contributed by atoms with Crippen molar-refractivity contribution in [3.8, 4) is 0 Å². The molecule has 1 heterocycles. The van der Waals surface area contributed by atoms with E-state index in [0.29, 0.717) is 0 Å². The first-order valence-electron chi connectivity index (χ1n) is 17.3. The molecule has 1 aromatic rings. The Labute approximate surface area is 234 Å². The smallest absolute Gasteiger partial charge is 0.237 e. The standard InChI is InChI=1S/C35H69N2/c1-4-6-8-10-12-14-16-18-19-20-22-24-26-28-30-32-37-34-33-36(3)35(37)31-29-27-25-23-21-17-15-13-11-9-7-5-2/h33-34H,4-32H2,1-3H3/q+1. The number of aromatic nitrogens is 2. The fraction of sp³-hybridized carbons (Fsp3) is 0.914. The van der Waals surface area contributed by atoms with Gasteiger partial charge in [-0.25, -0.2) is 9.13 Å². The van der Waals surface area contributed by atoms with E-state index in [1.807, 2.05) is 0 Å². The minimum Gasteiger partial charge on any atom is -0.237 e. The molecule has 0 atom stereocenters. The van der Waals surface area contributed by atoms with Gasteiger partial charge in [-0.3, -0.25) is 0 Å². The topological polar surface area (TPSA) is 8.81 Å². The summed E-state index contributed by atoms with van der Waals surface area (Å²) in [7, 11) is 2.23. The van der Waals surface area contributed by atoms with Gasteiger partial charge >= 0.3 is 0 Å². The Balaban J connectivity index is 1.93. The first-order chi connectivity index (χ1) is 18.3. The van der Waals surface area contributed by atoms with E-state index in [-0.39, 0.29) is 0 Å². The summed E-state index contributed by atoms with van der Waals surface area (Å²) in [5.41, 5.74) is 0. The normalized spacial score (nSPS) is 11.5. The maximum absolute atomic E-state index is 2.54. The van der Waals surface area contributed by atoms with Crippen LogP contribution >= 0.6 is 0 Å². The summed E-state index contributed by atoms with van der Waals surface area (Å²) in [6.07, 6.45) is 44.7. The predicted octanol–water partition coefficient (Wildman–Crippen LogP) is 11.4. The van der Waals surface area contributed by atoms with E-state index in [4.69, 9.17) is 0 Å². The molecule has 218 valence electrons. The number of hydrogen-bond acceptors (Lipinski definition) is 0. The fourth-order valence-corrected chi connectivity index (χ4v) is 5.86. The number of nitrogens with zero attached hydrogens (tertiary/aromatic N) is 2. The molecule has 2 nitrogen and oxygen atoms in total. The van der Waals surface area contributed by atoms with Gasteiger partial charge < -0.3 is 0 Å². The number of rotatable bonds is 29. The lowest BCUT2D eigenvalue weighted by Crippen LogP contribution is -2.32. The third-order valence-corrected chi connectivity index (χ3v) is 8.47. The second-order valence-electron chi connectivity index (χ2n) is 12.1. The lowest BCUT2D eigenvalue weighted by atomic mass is 10.0. The fourth-order valence-electron chi connectivity index (χ4n) is 5.86. The first-order valence-corrected chi connectivity index (χ1v) is 17.3. The largest absolute Gasteiger partial charge is 0.256 e. The highest BCUT2D eigenvalue weighted by Gasteiger charge is 2.13. The molecule has 0 aliphatic heterocycles. The van der Waals surface area contributed by atoms with Gasteiger partial charge in [0.15, 0.2) is 0 Å². The molecule has 0 N–H and O–H groups in total. The molecular weight excluding hydrogens is 448 g/mol. The van der Waals surface area contributed by atoms with Gasteiger partial charge in [-0.1, -0.05) is 168 Å². The van der Waals surface area contributed by atoms with Crippen molar-refractivity contribution in [2.75, 3.05) is 0 Å². The van der Waals surface area contributed by atoms with Gasteiger partial charge in [0.05, 0.1) is 13.6 Å². The monoisotopic (exact) mass is 518 g/mol. The molecular formula is C35H69N2+. The number of unbranched alkanes of at least 4 members (excludes halogenated alkanes) is 25. The van der Waals surface area contributed by atoms with Crippen molar-refractivity contribution in [2.45, 2.75) is 200 Å². The SMILES string of the molecule is CCCCCCCCCCCCCCCCCn1cc[n+](C)c1CCCCCCCCCCCCCC. The Morgan fingerprint density at radius 3 is 1.16 bits per heavy atom. The van der Waals surface area contributed by atoms with Gasteiger partial charge in [-0.05, 0) is 19.3 Å². The number of aryl methyl sites for hydroxylation is 2. The molecule has 0 aliphatic carbocycles. The molecule has 0 aromatic carbocycles. The van der Waals surface area contributed by atoms with Crippen LogP contribution in [0.2, 0.25) is 0 Å². The average Bonchev–Trinajstić information content (AvgIpc) is 3.25. The van der Waals surface area contributed by atoms with Crippen molar-refractivity contribution in [1.29, 1.82) is 0 Å². The Kier molecular flexibility index (Phi) is 24.8. The van der Waals surface area contributed by atoms with Crippen LogP contribution < -0.4 is 4.57 Å². The summed E-state index contributed by atoms with van der Waals surface area (Å²) in [4.78, 5) is 0. The van der Waals surface area contributed by atoms with Gasteiger partial charge in [-0.15, -0.1) is 0 Å². The first kappa shape index (κ1) is 34.2. The minimum atomic E-state index is 1.21. The third-order valence-electron chi connectivity index (χ3n) is 8.47. The summed E-state index contributed by atoms with van der Waals surface area (Å²) in [5, 5.41) is 0. The Morgan fingerprint density at radius 2 is 0.784 bits per heavy atom. The molecule has 1 rings (SSSR count). The molecule has 0 saturated carbocycles. The van der Waals surface area contributed by atoms with Gasteiger partial charge in [0.25, 0.3) is 5.82 Å². The molecule has 1 aromatic heterocycles. The maximum Gasteiger partial charge on any atom is 0.256 e. The lowest BCUT2D eigenvalue weighted by Gasteiger charge is -2.05. The molecule has 0 saturated heterocycles. The predicted molar refractivity (Wildman–Crippen MR) is 165 cm³/mol. The van der Waals surface area contributed by atoms with E-state index >= 15 is 0 Å². The highest BCUT2D eigenvalue weighted by atomic mass is 15.1. The highest BCUT2D eigenvalue weighted by molar-refractivity contribution is 4.84. The Hall–Kier alpha value is -0.790. The van der Waals surface area contributed by atoms with Crippen molar-refractivity contribution in [2.24, 2.45) is 7.05 Å². The zero-order valence-electron chi connectivity index (χ0n) is 26.1. The average molecular weight is 518 g/mol. The summed E-state index contributed by atoms with van der Waals surface area (Å²) in [6.45, 7) is 5.82. The molecule has 0 amide bonds.